The molecule has 0 bridgehead atoms. The molecular formula is C27H48N2O3. The highest BCUT2D eigenvalue weighted by atomic mass is 16.3. The fraction of sp³-hybridized carbons (Fsp3) is 0.778. The molecular weight excluding hydrogens is 400 g/mol. The Labute approximate surface area is 197 Å². The van der Waals surface area contributed by atoms with E-state index in [0.717, 1.165) is 77.4 Å². The van der Waals surface area contributed by atoms with Crippen LogP contribution in [0.2, 0.25) is 0 Å². The monoisotopic (exact) mass is 448 g/mol. The summed E-state index contributed by atoms with van der Waals surface area (Å²) in [5.74, 6) is 6.59. The number of Topliss-reactive ketones (excluding diaryl/α,β-unsaturated/α-hetero) is 2. The van der Waals surface area contributed by atoms with Crippen molar-refractivity contribution >= 4 is 11.6 Å². The van der Waals surface area contributed by atoms with Gasteiger partial charge >= 0.3 is 0 Å². The van der Waals surface area contributed by atoms with E-state index in [0.29, 0.717) is 19.4 Å². The Morgan fingerprint density at radius 3 is 2.09 bits per heavy atom. The van der Waals surface area contributed by atoms with Gasteiger partial charge in [-0.05, 0) is 46.1 Å². The predicted molar refractivity (Wildman–Crippen MR) is 134 cm³/mol. The molecule has 0 saturated carbocycles. The van der Waals surface area contributed by atoms with E-state index in [1.165, 1.54) is 6.42 Å². The second-order valence-electron chi connectivity index (χ2n) is 8.95. The van der Waals surface area contributed by atoms with Crippen LogP contribution in [0.3, 0.4) is 0 Å². The van der Waals surface area contributed by atoms with Crippen molar-refractivity contribution in [3.63, 3.8) is 0 Å². The van der Waals surface area contributed by atoms with Crippen LogP contribution in [0.5, 0.6) is 0 Å². The molecule has 5 nitrogen and oxygen atoms in total. The first kappa shape index (κ1) is 30.4. The van der Waals surface area contributed by atoms with Crippen LogP contribution in [0.25, 0.3) is 0 Å². The molecule has 0 saturated heterocycles. The molecule has 0 aliphatic carbocycles. The average molecular weight is 449 g/mol. The minimum atomic E-state index is -0.320. The maximum absolute atomic E-state index is 11.0. The second kappa shape index (κ2) is 21.2. The minimum absolute atomic E-state index is 0.247. The number of carbonyl (C=O) groups excluding carboxylic acids is 2. The number of aliphatic hydroxyl groups excluding tert-OH is 1. The predicted octanol–water partition coefficient (Wildman–Crippen LogP) is 4.98. The molecule has 32 heavy (non-hydrogen) atoms. The molecule has 0 heterocycles. The first-order valence-electron chi connectivity index (χ1n) is 12.6. The molecule has 0 aromatic carbocycles. The SMILES string of the molecule is CCC#C/C=C\N(C)CCN(CCCCCCCC(C)=O)CC(O)CCCCCC(C)=O. The highest BCUT2D eigenvalue weighted by Crippen LogP contribution is 2.10. The zero-order valence-corrected chi connectivity index (χ0v) is 21.2. The first-order valence-corrected chi connectivity index (χ1v) is 12.6. The van der Waals surface area contributed by atoms with Gasteiger partial charge in [-0.1, -0.05) is 50.9 Å². The highest BCUT2D eigenvalue weighted by Gasteiger charge is 2.12. The van der Waals surface area contributed by atoms with E-state index >= 15 is 0 Å². The van der Waals surface area contributed by atoms with Crippen molar-refractivity contribution in [3.05, 3.63) is 12.3 Å². The van der Waals surface area contributed by atoms with Crippen LogP contribution in [0, 0.1) is 11.8 Å². The zero-order chi connectivity index (χ0) is 24.0. The molecule has 0 rings (SSSR count). The van der Waals surface area contributed by atoms with E-state index in [-0.39, 0.29) is 17.7 Å². The molecule has 0 spiro atoms. The highest BCUT2D eigenvalue weighted by molar-refractivity contribution is 5.75. The van der Waals surface area contributed by atoms with Crippen LogP contribution in [-0.2, 0) is 9.59 Å². The van der Waals surface area contributed by atoms with Gasteiger partial charge in [-0.15, -0.1) is 0 Å². The minimum Gasteiger partial charge on any atom is -0.392 e. The lowest BCUT2D eigenvalue weighted by molar-refractivity contribution is -0.117. The fourth-order valence-corrected chi connectivity index (χ4v) is 3.55. The Kier molecular flexibility index (Phi) is 20.1. The molecule has 0 fully saturated rings. The summed E-state index contributed by atoms with van der Waals surface area (Å²) in [6.07, 6.45) is 15.1. The van der Waals surface area contributed by atoms with Gasteiger partial charge in [0.15, 0.2) is 0 Å². The molecule has 5 heteroatoms. The van der Waals surface area contributed by atoms with Crippen molar-refractivity contribution < 1.29 is 14.7 Å². The van der Waals surface area contributed by atoms with Gasteiger partial charge in [0.1, 0.15) is 11.6 Å². The smallest absolute Gasteiger partial charge is 0.129 e. The van der Waals surface area contributed by atoms with E-state index < -0.39 is 0 Å². The molecule has 1 atom stereocenters. The number of allylic oxidation sites excluding steroid dienone is 1. The summed E-state index contributed by atoms with van der Waals surface area (Å²) in [6.45, 7) is 8.84. The third kappa shape index (κ3) is 21.6. The topological polar surface area (TPSA) is 60.9 Å². The van der Waals surface area contributed by atoms with Crippen molar-refractivity contribution in [2.24, 2.45) is 0 Å². The summed E-state index contributed by atoms with van der Waals surface area (Å²) in [4.78, 5) is 26.6. The van der Waals surface area contributed by atoms with Crippen LogP contribution < -0.4 is 0 Å². The number of ketones is 2. The van der Waals surface area contributed by atoms with Crippen molar-refractivity contribution in [1.82, 2.24) is 9.80 Å². The van der Waals surface area contributed by atoms with Gasteiger partial charge in [-0.3, -0.25) is 4.90 Å². The lowest BCUT2D eigenvalue weighted by Crippen LogP contribution is -2.37. The summed E-state index contributed by atoms with van der Waals surface area (Å²) in [7, 11) is 2.06. The number of carbonyl (C=O) groups is 2. The molecule has 184 valence electrons. The Morgan fingerprint density at radius 1 is 0.875 bits per heavy atom. The maximum atomic E-state index is 11.0. The lowest BCUT2D eigenvalue weighted by Gasteiger charge is -2.27. The molecule has 0 aliphatic heterocycles. The molecule has 0 aromatic rings. The number of hydrogen-bond donors (Lipinski definition) is 1. The lowest BCUT2D eigenvalue weighted by atomic mass is 10.1. The van der Waals surface area contributed by atoms with Crippen LogP contribution in [0.4, 0.5) is 0 Å². The molecule has 0 radical (unpaired) electrons. The average Bonchev–Trinajstić information content (AvgIpc) is 2.73. The van der Waals surface area contributed by atoms with Gasteiger partial charge in [0.25, 0.3) is 0 Å². The number of hydrogen-bond acceptors (Lipinski definition) is 5. The summed E-state index contributed by atoms with van der Waals surface area (Å²) < 4.78 is 0. The molecule has 1 N–H and O–H groups in total. The number of rotatable bonds is 20. The Balaban J connectivity index is 4.36. The van der Waals surface area contributed by atoms with Gasteiger partial charge in [-0.25, -0.2) is 0 Å². The van der Waals surface area contributed by atoms with E-state index in [9.17, 15) is 14.7 Å². The van der Waals surface area contributed by atoms with Crippen LogP contribution in [-0.4, -0.2) is 65.8 Å². The van der Waals surface area contributed by atoms with Crippen LogP contribution >= 0.6 is 0 Å². The number of nitrogens with zero attached hydrogens (tertiary/aromatic N) is 2. The quantitative estimate of drug-likeness (QED) is 0.210. The van der Waals surface area contributed by atoms with Gasteiger partial charge in [0, 0.05) is 58.2 Å². The number of aliphatic hydroxyl groups is 1. The Hall–Kier alpha value is -1.64. The van der Waals surface area contributed by atoms with E-state index in [1.54, 1.807) is 13.8 Å². The van der Waals surface area contributed by atoms with Gasteiger partial charge in [-0.2, -0.15) is 0 Å². The van der Waals surface area contributed by atoms with Crippen LogP contribution in [0.1, 0.15) is 97.8 Å². The Bertz CT molecular complexity index is 577. The van der Waals surface area contributed by atoms with Crippen molar-refractivity contribution in [2.45, 2.75) is 104 Å². The summed E-state index contributed by atoms with van der Waals surface area (Å²) in [6, 6.07) is 0. The fourth-order valence-electron chi connectivity index (χ4n) is 3.55. The Morgan fingerprint density at radius 2 is 1.47 bits per heavy atom. The number of unbranched alkanes of at least 4 members (excludes halogenated alkanes) is 6. The second-order valence-corrected chi connectivity index (χ2v) is 8.95. The standard InChI is InChI=1S/C27H48N2O3/c1-5-6-7-15-20-28(4)22-23-29(21-16-10-8-9-12-17-25(2)30)24-27(32)19-14-11-13-18-26(3)31/h15,20,27,32H,5,8-14,16-19,21-24H2,1-4H3/b20-15-. The van der Waals surface area contributed by atoms with Gasteiger partial charge in [0.2, 0.25) is 0 Å². The molecule has 0 aromatic heterocycles. The molecule has 1 unspecified atom stereocenters. The largest absolute Gasteiger partial charge is 0.392 e. The maximum Gasteiger partial charge on any atom is 0.129 e. The van der Waals surface area contributed by atoms with E-state index in [1.807, 2.05) is 19.2 Å². The number of likely N-dealkylation sites (N-methyl/N-ethyl adjacent to an activating group) is 1. The van der Waals surface area contributed by atoms with Crippen molar-refractivity contribution in [1.29, 1.82) is 0 Å². The summed E-state index contributed by atoms with van der Waals surface area (Å²) >= 11 is 0. The van der Waals surface area contributed by atoms with Gasteiger partial charge in [0.05, 0.1) is 6.10 Å². The van der Waals surface area contributed by atoms with E-state index in [4.69, 9.17) is 0 Å². The first-order chi connectivity index (χ1) is 15.3. The summed E-state index contributed by atoms with van der Waals surface area (Å²) in [5, 5.41) is 10.5. The van der Waals surface area contributed by atoms with Crippen molar-refractivity contribution in [3.8, 4) is 11.8 Å². The van der Waals surface area contributed by atoms with Gasteiger partial charge < -0.3 is 19.6 Å². The molecule has 0 aliphatic rings. The third-order valence-electron chi connectivity index (χ3n) is 5.50. The third-order valence-corrected chi connectivity index (χ3v) is 5.50. The normalized spacial score (nSPS) is 12.1. The van der Waals surface area contributed by atoms with Crippen LogP contribution in [0.15, 0.2) is 12.3 Å². The zero-order valence-electron chi connectivity index (χ0n) is 21.2. The van der Waals surface area contributed by atoms with Crippen molar-refractivity contribution in [2.75, 3.05) is 33.2 Å². The molecule has 0 amide bonds. The van der Waals surface area contributed by atoms with E-state index in [2.05, 4.69) is 28.7 Å². The summed E-state index contributed by atoms with van der Waals surface area (Å²) in [5.41, 5.74) is 0.